The summed E-state index contributed by atoms with van der Waals surface area (Å²) >= 11 is 0. The Bertz CT molecular complexity index is 580. The average Bonchev–Trinajstić information content (AvgIpc) is 3.18. The number of rotatable bonds is 3. The molecule has 1 atom stereocenters. The molecule has 3 rings (SSSR count). The summed E-state index contributed by atoms with van der Waals surface area (Å²) in [5.41, 5.74) is 1.51. The summed E-state index contributed by atoms with van der Waals surface area (Å²) in [6.07, 6.45) is 2.29. The molecule has 0 spiro atoms. The van der Waals surface area contributed by atoms with Crippen LogP contribution in [0.25, 0.3) is 11.4 Å². The van der Waals surface area contributed by atoms with E-state index in [1.54, 1.807) is 12.1 Å². The molecule has 0 radical (unpaired) electrons. The average molecular weight is 309 g/mol. The number of nitrogens with one attached hydrogen (secondary N) is 1. The van der Waals surface area contributed by atoms with Gasteiger partial charge in [0.05, 0.1) is 0 Å². The van der Waals surface area contributed by atoms with Gasteiger partial charge in [-0.15, -0.1) is 12.4 Å². The molecule has 6 nitrogen and oxygen atoms in total. The van der Waals surface area contributed by atoms with Gasteiger partial charge in [0.25, 0.3) is 5.91 Å². The Morgan fingerprint density at radius 3 is 2.71 bits per heavy atom. The lowest BCUT2D eigenvalue weighted by Gasteiger charge is -2.23. The van der Waals surface area contributed by atoms with Crippen LogP contribution in [-0.4, -0.2) is 47.1 Å². The second-order valence-electron chi connectivity index (χ2n) is 4.89. The highest BCUT2D eigenvalue weighted by atomic mass is 35.5. The second-order valence-corrected chi connectivity index (χ2v) is 4.89. The zero-order chi connectivity index (χ0) is 13.9. The first-order valence-corrected chi connectivity index (χ1v) is 6.60. The Morgan fingerprint density at radius 2 is 2.14 bits per heavy atom. The van der Waals surface area contributed by atoms with Gasteiger partial charge in [-0.05, 0) is 25.1 Å². The van der Waals surface area contributed by atoms with Crippen molar-refractivity contribution in [1.29, 1.82) is 0 Å². The van der Waals surface area contributed by atoms with E-state index in [-0.39, 0.29) is 24.4 Å². The molecule has 1 aromatic heterocycles. The number of aromatic nitrogens is 2. The van der Waals surface area contributed by atoms with Crippen LogP contribution in [0.2, 0.25) is 0 Å². The van der Waals surface area contributed by atoms with Crippen LogP contribution in [0.1, 0.15) is 16.8 Å². The van der Waals surface area contributed by atoms with E-state index in [0.29, 0.717) is 11.4 Å². The number of benzene rings is 1. The molecule has 1 aromatic carbocycles. The number of hydrogen-bond donors (Lipinski definition) is 1. The third-order valence-corrected chi connectivity index (χ3v) is 3.65. The van der Waals surface area contributed by atoms with Gasteiger partial charge in [0.1, 0.15) is 0 Å². The zero-order valence-electron chi connectivity index (χ0n) is 11.7. The monoisotopic (exact) mass is 308 g/mol. The van der Waals surface area contributed by atoms with Crippen LogP contribution in [0.15, 0.2) is 35.2 Å². The number of carbonyl (C=O) groups is 1. The molecule has 1 aliphatic rings. The number of nitrogens with zero attached hydrogens (tertiary/aromatic N) is 3. The Balaban J connectivity index is 0.00000161. The van der Waals surface area contributed by atoms with E-state index in [1.165, 1.54) is 6.39 Å². The number of carbonyl (C=O) groups excluding carboxylic acids is 1. The summed E-state index contributed by atoms with van der Waals surface area (Å²) in [7, 11) is 1.85. The topological polar surface area (TPSA) is 71.3 Å². The third kappa shape index (κ3) is 3.22. The second kappa shape index (κ2) is 6.69. The molecule has 112 valence electrons. The predicted molar refractivity (Wildman–Crippen MR) is 80.4 cm³/mol. The predicted octanol–water partition coefficient (Wildman–Crippen LogP) is 1.59. The first-order chi connectivity index (χ1) is 9.75. The Hall–Kier alpha value is -1.92. The minimum absolute atomic E-state index is 0. The van der Waals surface area contributed by atoms with Crippen molar-refractivity contribution in [3.05, 3.63) is 36.2 Å². The van der Waals surface area contributed by atoms with Gasteiger partial charge in [-0.2, -0.15) is 4.98 Å². The van der Waals surface area contributed by atoms with Crippen LogP contribution in [0.5, 0.6) is 0 Å². The van der Waals surface area contributed by atoms with Crippen LogP contribution in [0, 0.1) is 0 Å². The molecule has 1 N–H and O–H groups in total. The number of halogens is 1. The summed E-state index contributed by atoms with van der Waals surface area (Å²) in [6.45, 7) is 1.84. The smallest absolute Gasteiger partial charge is 0.253 e. The van der Waals surface area contributed by atoms with Gasteiger partial charge in [0, 0.05) is 30.8 Å². The maximum atomic E-state index is 12.4. The fourth-order valence-electron chi connectivity index (χ4n) is 2.40. The molecule has 7 heteroatoms. The van der Waals surface area contributed by atoms with E-state index in [9.17, 15) is 4.79 Å². The molecular weight excluding hydrogens is 292 g/mol. The van der Waals surface area contributed by atoms with Crippen LogP contribution in [0.4, 0.5) is 0 Å². The maximum Gasteiger partial charge on any atom is 0.253 e. The molecule has 1 unspecified atom stereocenters. The van der Waals surface area contributed by atoms with Gasteiger partial charge < -0.3 is 14.7 Å². The van der Waals surface area contributed by atoms with E-state index in [2.05, 4.69) is 15.5 Å². The highest BCUT2D eigenvalue weighted by molar-refractivity contribution is 5.94. The summed E-state index contributed by atoms with van der Waals surface area (Å²) < 4.78 is 4.71. The molecule has 2 aromatic rings. The van der Waals surface area contributed by atoms with Crippen molar-refractivity contribution < 1.29 is 9.32 Å². The van der Waals surface area contributed by atoms with Gasteiger partial charge in [-0.3, -0.25) is 4.79 Å². The lowest BCUT2D eigenvalue weighted by atomic mass is 10.1. The molecule has 1 amide bonds. The van der Waals surface area contributed by atoms with Gasteiger partial charge in [-0.1, -0.05) is 17.3 Å². The summed E-state index contributed by atoms with van der Waals surface area (Å²) in [5.74, 6) is 0.565. The fourth-order valence-corrected chi connectivity index (χ4v) is 2.40. The largest absolute Gasteiger partial charge is 0.342 e. The fraction of sp³-hybridized carbons (Fsp3) is 0.357. The number of hydrogen-bond acceptors (Lipinski definition) is 5. The van der Waals surface area contributed by atoms with Crippen molar-refractivity contribution >= 4 is 18.3 Å². The summed E-state index contributed by atoms with van der Waals surface area (Å²) in [6, 6.07) is 7.54. The lowest BCUT2D eigenvalue weighted by Crippen LogP contribution is -2.38. The van der Waals surface area contributed by atoms with Crippen LogP contribution in [0.3, 0.4) is 0 Å². The highest BCUT2D eigenvalue weighted by Crippen LogP contribution is 2.17. The molecule has 1 aliphatic heterocycles. The minimum atomic E-state index is 0. The minimum Gasteiger partial charge on any atom is -0.342 e. The van der Waals surface area contributed by atoms with Gasteiger partial charge in [0.2, 0.25) is 12.2 Å². The standard InChI is InChI=1S/C14H16N4O2.ClH/c1-18(12-6-7-15-8-12)14(19)11-4-2-10(3-5-11)13-16-9-20-17-13;/h2-5,9,12,15H,6-8H2,1H3;1H. The van der Waals surface area contributed by atoms with Crippen molar-refractivity contribution in [3.63, 3.8) is 0 Å². The summed E-state index contributed by atoms with van der Waals surface area (Å²) in [4.78, 5) is 18.2. The molecule has 0 bridgehead atoms. The van der Waals surface area contributed by atoms with E-state index in [4.69, 9.17) is 4.52 Å². The molecule has 1 fully saturated rings. The van der Waals surface area contributed by atoms with Crippen LogP contribution in [-0.2, 0) is 0 Å². The van der Waals surface area contributed by atoms with Crippen molar-refractivity contribution in [2.45, 2.75) is 12.5 Å². The number of amides is 1. The molecule has 21 heavy (non-hydrogen) atoms. The van der Waals surface area contributed by atoms with Crippen LogP contribution >= 0.6 is 12.4 Å². The SMILES string of the molecule is CN(C(=O)c1ccc(-c2ncon2)cc1)C1CCNC1.Cl. The van der Waals surface area contributed by atoms with Crippen molar-refractivity contribution in [2.24, 2.45) is 0 Å². The molecule has 0 saturated carbocycles. The normalized spacial score (nSPS) is 17.3. The Morgan fingerprint density at radius 1 is 1.38 bits per heavy atom. The van der Waals surface area contributed by atoms with E-state index >= 15 is 0 Å². The first-order valence-electron chi connectivity index (χ1n) is 6.60. The number of likely N-dealkylation sites (N-methyl/N-ethyl adjacent to an activating group) is 1. The molecule has 0 aliphatic carbocycles. The first kappa shape index (κ1) is 15.5. The highest BCUT2D eigenvalue weighted by Gasteiger charge is 2.23. The lowest BCUT2D eigenvalue weighted by molar-refractivity contribution is 0.0744. The van der Waals surface area contributed by atoms with E-state index in [1.807, 2.05) is 24.1 Å². The van der Waals surface area contributed by atoms with E-state index < -0.39 is 0 Å². The maximum absolute atomic E-state index is 12.4. The molecule has 1 saturated heterocycles. The molecular formula is C14H17ClN4O2. The van der Waals surface area contributed by atoms with E-state index in [0.717, 1.165) is 25.1 Å². The molecule has 2 heterocycles. The quantitative estimate of drug-likeness (QED) is 0.932. The zero-order valence-corrected chi connectivity index (χ0v) is 12.5. The van der Waals surface area contributed by atoms with Crippen molar-refractivity contribution in [3.8, 4) is 11.4 Å². The van der Waals surface area contributed by atoms with Gasteiger partial charge >= 0.3 is 0 Å². The van der Waals surface area contributed by atoms with Crippen molar-refractivity contribution in [1.82, 2.24) is 20.4 Å². The van der Waals surface area contributed by atoms with Gasteiger partial charge in [-0.25, -0.2) is 0 Å². The van der Waals surface area contributed by atoms with Gasteiger partial charge in [0.15, 0.2) is 0 Å². The van der Waals surface area contributed by atoms with Crippen LogP contribution < -0.4 is 5.32 Å². The Labute approximate surface area is 128 Å². The third-order valence-electron chi connectivity index (χ3n) is 3.65. The van der Waals surface area contributed by atoms with Crippen molar-refractivity contribution in [2.75, 3.05) is 20.1 Å². The summed E-state index contributed by atoms with van der Waals surface area (Å²) in [5, 5.41) is 7.04. The Kier molecular flexibility index (Phi) is 4.93.